The lowest BCUT2D eigenvalue weighted by Gasteiger charge is -2.25. The molecule has 2 aliphatic rings. The molecule has 0 heterocycles. The monoisotopic (exact) mass is 135 g/mol. The minimum absolute atomic E-state index is 0.0584. The molecule has 3 unspecified atom stereocenters. The average molecular weight is 135 g/mol. The first-order chi connectivity index (χ1) is 4.74. The van der Waals surface area contributed by atoms with E-state index in [1.165, 1.54) is 25.7 Å². The number of rotatable bonds is 0. The largest absolute Gasteiger partial charge is 0.198 e. The lowest BCUT2D eigenvalue weighted by molar-refractivity contribution is 0.269. The van der Waals surface area contributed by atoms with Gasteiger partial charge < -0.3 is 0 Å². The van der Waals surface area contributed by atoms with Crippen LogP contribution in [0.3, 0.4) is 0 Å². The molecule has 0 amide bonds. The van der Waals surface area contributed by atoms with Crippen molar-refractivity contribution < 1.29 is 0 Å². The summed E-state index contributed by atoms with van der Waals surface area (Å²) in [5.74, 6) is 1.64. The van der Waals surface area contributed by atoms with Gasteiger partial charge in [0.15, 0.2) is 0 Å². The van der Waals surface area contributed by atoms with Gasteiger partial charge in [0.05, 0.1) is 11.5 Å². The molecule has 0 N–H and O–H groups in total. The molecule has 2 aliphatic carbocycles. The van der Waals surface area contributed by atoms with Crippen molar-refractivity contribution in [2.45, 2.75) is 32.6 Å². The van der Waals surface area contributed by atoms with Gasteiger partial charge in [-0.25, -0.2) is 0 Å². The minimum atomic E-state index is 0.0584. The molecule has 10 heavy (non-hydrogen) atoms. The van der Waals surface area contributed by atoms with Crippen molar-refractivity contribution in [3.8, 4) is 6.07 Å². The normalized spacial score (nSPS) is 51.2. The van der Waals surface area contributed by atoms with E-state index in [0.717, 1.165) is 11.8 Å². The molecular formula is C9H13N. The molecule has 3 atom stereocenters. The second-order valence-corrected chi connectivity index (χ2v) is 4.11. The Morgan fingerprint density at radius 3 is 2.60 bits per heavy atom. The van der Waals surface area contributed by atoms with Crippen molar-refractivity contribution in [2.24, 2.45) is 17.3 Å². The molecule has 0 saturated heterocycles. The molecule has 2 saturated carbocycles. The van der Waals surface area contributed by atoms with Crippen LogP contribution in [0.2, 0.25) is 0 Å². The summed E-state index contributed by atoms with van der Waals surface area (Å²) in [6, 6.07) is 2.47. The Morgan fingerprint density at radius 1 is 1.50 bits per heavy atom. The van der Waals surface area contributed by atoms with Gasteiger partial charge in [0.25, 0.3) is 0 Å². The highest BCUT2D eigenvalue weighted by atomic mass is 14.5. The molecule has 0 aliphatic heterocycles. The summed E-state index contributed by atoms with van der Waals surface area (Å²) >= 11 is 0. The fourth-order valence-corrected chi connectivity index (χ4v) is 2.74. The number of nitriles is 1. The fraction of sp³-hybridized carbons (Fsp3) is 0.889. The summed E-state index contributed by atoms with van der Waals surface area (Å²) in [7, 11) is 0. The van der Waals surface area contributed by atoms with Crippen LogP contribution in [0.15, 0.2) is 0 Å². The highest BCUT2D eigenvalue weighted by Crippen LogP contribution is 2.55. The van der Waals surface area contributed by atoms with Crippen molar-refractivity contribution in [1.29, 1.82) is 5.26 Å². The van der Waals surface area contributed by atoms with E-state index >= 15 is 0 Å². The second-order valence-electron chi connectivity index (χ2n) is 4.11. The zero-order chi connectivity index (χ0) is 7.19. The van der Waals surface area contributed by atoms with Gasteiger partial charge in [-0.1, -0.05) is 6.42 Å². The zero-order valence-corrected chi connectivity index (χ0v) is 6.43. The predicted octanol–water partition coefficient (Wildman–Crippen LogP) is 2.34. The second kappa shape index (κ2) is 1.75. The van der Waals surface area contributed by atoms with Crippen LogP contribution < -0.4 is 0 Å². The van der Waals surface area contributed by atoms with Crippen molar-refractivity contribution in [2.75, 3.05) is 0 Å². The van der Waals surface area contributed by atoms with E-state index in [-0.39, 0.29) is 5.41 Å². The molecule has 0 aromatic heterocycles. The first-order valence-electron chi connectivity index (χ1n) is 4.16. The van der Waals surface area contributed by atoms with E-state index < -0.39 is 0 Å². The van der Waals surface area contributed by atoms with Crippen molar-refractivity contribution in [1.82, 2.24) is 0 Å². The Morgan fingerprint density at radius 2 is 2.30 bits per heavy atom. The molecule has 0 radical (unpaired) electrons. The first kappa shape index (κ1) is 6.22. The summed E-state index contributed by atoms with van der Waals surface area (Å²) in [6.45, 7) is 2.14. The lowest BCUT2D eigenvalue weighted by atomic mass is 9.76. The van der Waals surface area contributed by atoms with Gasteiger partial charge in [0, 0.05) is 0 Å². The summed E-state index contributed by atoms with van der Waals surface area (Å²) in [5, 5.41) is 8.90. The molecular weight excluding hydrogens is 122 g/mol. The van der Waals surface area contributed by atoms with Crippen LogP contribution >= 0.6 is 0 Å². The van der Waals surface area contributed by atoms with Crippen LogP contribution in [-0.2, 0) is 0 Å². The third kappa shape index (κ3) is 0.624. The zero-order valence-electron chi connectivity index (χ0n) is 6.43. The molecule has 1 heteroatoms. The Balaban J connectivity index is 2.24. The lowest BCUT2D eigenvalue weighted by Crippen LogP contribution is -2.21. The molecule has 1 nitrogen and oxygen atoms in total. The number of hydrogen-bond acceptors (Lipinski definition) is 1. The first-order valence-corrected chi connectivity index (χ1v) is 4.16. The Bertz CT molecular complexity index is 191. The van der Waals surface area contributed by atoms with Crippen molar-refractivity contribution in [3.05, 3.63) is 0 Å². The Hall–Kier alpha value is -0.510. The van der Waals surface area contributed by atoms with Gasteiger partial charge >= 0.3 is 0 Å². The van der Waals surface area contributed by atoms with Gasteiger partial charge in [-0.05, 0) is 38.0 Å². The molecule has 2 bridgehead atoms. The van der Waals surface area contributed by atoms with E-state index in [4.69, 9.17) is 5.26 Å². The fourth-order valence-electron chi connectivity index (χ4n) is 2.74. The van der Waals surface area contributed by atoms with Crippen molar-refractivity contribution >= 4 is 0 Å². The summed E-state index contributed by atoms with van der Waals surface area (Å²) in [5.41, 5.74) is 0.0584. The summed E-state index contributed by atoms with van der Waals surface area (Å²) < 4.78 is 0. The van der Waals surface area contributed by atoms with Gasteiger partial charge in [-0.2, -0.15) is 5.26 Å². The van der Waals surface area contributed by atoms with Gasteiger partial charge in [-0.15, -0.1) is 0 Å². The van der Waals surface area contributed by atoms with E-state index in [9.17, 15) is 0 Å². The van der Waals surface area contributed by atoms with Gasteiger partial charge in [0.2, 0.25) is 0 Å². The van der Waals surface area contributed by atoms with Crippen LogP contribution in [0, 0.1) is 28.6 Å². The third-order valence-corrected chi connectivity index (χ3v) is 3.41. The topological polar surface area (TPSA) is 23.8 Å². The maximum Gasteiger partial charge on any atom is 0.0689 e. The molecule has 0 spiro atoms. The van der Waals surface area contributed by atoms with Crippen LogP contribution in [0.4, 0.5) is 0 Å². The SMILES string of the molecule is CC1(C#N)CC2CCC1C2. The Kier molecular flexibility index (Phi) is 1.09. The molecule has 2 fully saturated rings. The molecule has 0 aromatic rings. The quantitative estimate of drug-likeness (QED) is 0.500. The number of hydrogen-bond donors (Lipinski definition) is 0. The van der Waals surface area contributed by atoms with E-state index in [2.05, 4.69) is 13.0 Å². The molecule has 54 valence electrons. The summed E-state index contributed by atoms with van der Waals surface area (Å²) in [4.78, 5) is 0. The van der Waals surface area contributed by atoms with Crippen LogP contribution in [-0.4, -0.2) is 0 Å². The predicted molar refractivity (Wildman–Crippen MR) is 39.2 cm³/mol. The highest BCUT2D eigenvalue weighted by Gasteiger charge is 2.48. The summed E-state index contributed by atoms with van der Waals surface area (Å²) in [6.07, 6.45) is 5.22. The standard InChI is InChI=1S/C9H13N/c1-9(6-10)5-7-2-3-8(9)4-7/h7-8H,2-5H2,1H3. The van der Waals surface area contributed by atoms with Crippen LogP contribution in [0.5, 0.6) is 0 Å². The van der Waals surface area contributed by atoms with Gasteiger partial charge in [0.1, 0.15) is 0 Å². The van der Waals surface area contributed by atoms with Crippen molar-refractivity contribution in [3.63, 3.8) is 0 Å². The maximum atomic E-state index is 8.90. The van der Waals surface area contributed by atoms with Crippen LogP contribution in [0.1, 0.15) is 32.6 Å². The highest BCUT2D eigenvalue weighted by molar-refractivity contribution is 5.08. The van der Waals surface area contributed by atoms with Gasteiger partial charge in [-0.3, -0.25) is 0 Å². The van der Waals surface area contributed by atoms with E-state index in [0.29, 0.717) is 0 Å². The van der Waals surface area contributed by atoms with E-state index in [1.807, 2.05) is 0 Å². The molecule has 0 aromatic carbocycles. The average Bonchev–Trinajstić information content (AvgIpc) is 2.46. The van der Waals surface area contributed by atoms with E-state index in [1.54, 1.807) is 0 Å². The third-order valence-electron chi connectivity index (χ3n) is 3.41. The number of fused-ring (bicyclic) bond motifs is 2. The Labute approximate surface area is 62.0 Å². The smallest absolute Gasteiger partial charge is 0.0689 e. The maximum absolute atomic E-state index is 8.90. The number of nitrogens with zero attached hydrogens (tertiary/aromatic N) is 1. The van der Waals surface area contributed by atoms with Crippen LogP contribution in [0.25, 0.3) is 0 Å². The minimum Gasteiger partial charge on any atom is -0.198 e. The molecule has 2 rings (SSSR count).